The van der Waals surface area contributed by atoms with Crippen molar-refractivity contribution in [3.63, 3.8) is 0 Å². The van der Waals surface area contributed by atoms with Crippen LogP contribution in [-0.2, 0) is 10.1 Å². The van der Waals surface area contributed by atoms with Crippen molar-refractivity contribution < 1.29 is 17.7 Å². The monoisotopic (exact) mass is 395 g/mol. The first-order chi connectivity index (χ1) is 12.2. The van der Waals surface area contributed by atoms with E-state index in [1.54, 1.807) is 19.2 Å². The number of ether oxygens (including phenoxy) is 1. The second kappa shape index (κ2) is 8.33. The molecule has 0 aromatic heterocycles. The molecule has 0 saturated heterocycles. The predicted molar refractivity (Wildman–Crippen MR) is 107 cm³/mol. The lowest BCUT2D eigenvalue weighted by molar-refractivity contribution is 0.410. The number of hydrogen-bond donors (Lipinski definition) is 1. The fraction of sp³-hybridized carbons (Fsp3) is 0.368. The van der Waals surface area contributed by atoms with Crippen LogP contribution in [0.1, 0.15) is 25.0 Å². The van der Waals surface area contributed by atoms with E-state index in [4.69, 9.17) is 9.29 Å². The van der Waals surface area contributed by atoms with Gasteiger partial charge < -0.3 is 9.64 Å². The van der Waals surface area contributed by atoms with E-state index in [0.29, 0.717) is 5.37 Å². The summed E-state index contributed by atoms with van der Waals surface area (Å²) in [4.78, 5) is 3.70. The molecule has 1 aliphatic rings. The molecule has 0 spiro atoms. The fourth-order valence-corrected chi connectivity index (χ4v) is 4.48. The average molecular weight is 396 g/mol. The molecule has 0 amide bonds. The third kappa shape index (κ3) is 4.72. The average Bonchev–Trinajstić information content (AvgIpc) is 2.88. The zero-order chi connectivity index (χ0) is 19.5. The highest BCUT2D eigenvalue weighted by atomic mass is 32.2. The summed E-state index contributed by atoms with van der Waals surface area (Å²) in [5, 5.41) is 0.538. The minimum Gasteiger partial charge on any atom is -0.496 e. The van der Waals surface area contributed by atoms with Crippen molar-refractivity contribution in [2.45, 2.75) is 42.9 Å². The first-order valence-corrected chi connectivity index (χ1v) is 10.7. The molecule has 1 unspecified atom stereocenters. The minimum atomic E-state index is -4.02. The molecule has 0 radical (unpaired) electrons. The van der Waals surface area contributed by atoms with Crippen LogP contribution in [0.5, 0.6) is 5.75 Å². The smallest absolute Gasteiger partial charge is 0.294 e. The molecule has 1 aliphatic heterocycles. The van der Waals surface area contributed by atoms with Crippen LogP contribution in [0.4, 0.5) is 5.69 Å². The molecule has 3 rings (SSSR count). The quantitative estimate of drug-likeness (QED) is 0.771. The Bertz CT molecular complexity index is 864. The van der Waals surface area contributed by atoms with Crippen LogP contribution < -0.4 is 9.64 Å². The highest BCUT2D eigenvalue weighted by molar-refractivity contribution is 8.00. The van der Waals surface area contributed by atoms with Gasteiger partial charge in [-0.2, -0.15) is 8.42 Å². The van der Waals surface area contributed by atoms with Crippen LogP contribution in [0.25, 0.3) is 0 Å². The molecular formula is C19H25NO4S2. The molecule has 1 N–H and O–H groups in total. The summed E-state index contributed by atoms with van der Waals surface area (Å²) in [6, 6.07) is 10.4. The van der Waals surface area contributed by atoms with E-state index >= 15 is 0 Å². The second-order valence-corrected chi connectivity index (χ2v) is 8.86. The summed E-state index contributed by atoms with van der Waals surface area (Å²) in [7, 11) is -2.29. The summed E-state index contributed by atoms with van der Waals surface area (Å²) in [5.74, 6) is 0.992. The summed E-state index contributed by atoms with van der Waals surface area (Å²) >= 11 is 1.91. The zero-order valence-corrected chi connectivity index (χ0v) is 17.3. The van der Waals surface area contributed by atoms with Gasteiger partial charge in [0.15, 0.2) is 0 Å². The minimum absolute atomic E-state index is 0.0666. The zero-order valence-electron chi connectivity index (χ0n) is 15.7. The van der Waals surface area contributed by atoms with Crippen LogP contribution in [0.2, 0.25) is 0 Å². The van der Waals surface area contributed by atoms with Gasteiger partial charge in [-0.05, 0) is 57.5 Å². The summed E-state index contributed by atoms with van der Waals surface area (Å²) in [5.41, 5.74) is 3.52. The van der Waals surface area contributed by atoms with Gasteiger partial charge in [0.1, 0.15) is 5.75 Å². The standard InChI is InChI=1S/C12H17NOS.C7H8O3S/c1-5-13-9(3)15-12-7-11(14-4)8(2)6-10(12)13;1-6-2-4-7(5-3-6)11(8,9)10/h6-7,9H,5H2,1-4H3;2-5H,1H3,(H,8,9,10). The van der Waals surface area contributed by atoms with Crippen molar-refractivity contribution in [3.05, 3.63) is 47.5 Å². The number of aryl methyl sites for hydroxylation is 2. The molecule has 0 fully saturated rings. The molecule has 1 atom stereocenters. The van der Waals surface area contributed by atoms with Crippen LogP contribution >= 0.6 is 11.8 Å². The molecule has 142 valence electrons. The van der Waals surface area contributed by atoms with E-state index in [1.165, 1.54) is 28.3 Å². The normalized spacial score (nSPS) is 15.9. The van der Waals surface area contributed by atoms with Gasteiger partial charge in [0.05, 0.1) is 23.1 Å². The van der Waals surface area contributed by atoms with Crippen LogP contribution in [-0.4, -0.2) is 32.0 Å². The Morgan fingerprint density at radius 1 is 1.19 bits per heavy atom. The second-order valence-electron chi connectivity index (χ2n) is 6.08. The number of fused-ring (bicyclic) bond motifs is 1. The number of thioether (sulfide) groups is 1. The maximum absolute atomic E-state index is 10.5. The van der Waals surface area contributed by atoms with Crippen molar-refractivity contribution >= 4 is 27.6 Å². The van der Waals surface area contributed by atoms with Gasteiger partial charge in [0, 0.05) is 11.4 Å². The summed E-state index contributed by atoms with van der Waals surface area (Å²) < 4.78 is 34.9. The maximum atomic E-state index is 10.5. The Hall–Kier alpha value is -1.70. The number of nitrogens with zero attached hydrogens (tertiary/aromatic N) is 1. The highest BCUT2D eigenvalue weighted by Crippen LogP contribution is 2.45. The lowest BCUT2D eigenvalue weighted by Gasteiger charge is -2.21. The van der Waals surface area contributed by atoms with Crippen LogP contribution in [0.3, 0.4) is 0 Å². The molecule has 5 nitrogen and oxygen atoms in total. The van der Waals surface area contributed by atoms with Gasteiger partial charge in [0.25, 0.3) is 10.1 Å². The van der Waals surface area contributed by atoms with E-state index in [1.807, 2.05) is 18.7 Å². The molecule has 26 heavy (non-hydrogen) atoms. The van der Waals surface area contributed by atoms with E-state index in [-0.39, 0.29) is 4.90 Å². The Morgan fingerprint density at radius 2 is 1.81 bits per heavy atom. The number of rotatable bonds is 3. The highest BCUT2D eigenvalue weighted by Gasteiger charge is 2.26. The van der Waals surface area contributed by atoms with Gasteiger partial charge in [-0.15, -0.1) is 0 Å². The third-order valence-corrected chi connectivity index (χ3v) is 6.23. The summed E-state index contributed by atoms with van der Waals surface area (Å²) in [6.07, 6.45) is 0. The van der Waals surface area contributed by atoms with Gasteiger partial charge in [0.2, 0.25) is 0 Å². The fourth-order valence-electron chi connectivity index (χ4n) is 2.77. The number of hydrogen-bond acceptors (Lipinski definition) is 5. The number of benzene rings is 2. The predicted octanol–water partition coefficient (Wildman–Crippen LogP) is 4.52. The molecule has 0 bridgehead atoms. The van der Waals surface area contributed by atoms with Crippen molar-refractivity contribution in [1.82, 2.24) is 0 Å². The van der Waals surface area contributed by atoms with Crippen molar-refractivity contribution in [3.8, 4) is 5.75 Å². The van der Waals surface area contributed by atoms with Crippen LogP contribution in [0.15, 0.2) is 46.2 Å². The van der Waals surface area contributed by atoms with Gasteiger partial charge in [-0.1, -0.05) is 29.5 Å². The summed E-state index contributed by atoms with van der Waals surface area (Å²) in [6.45, 7) is 9.45. The Labute approximate surface area is 160 Å². The number of anilines is 1. The molecular weight excluding hydrogens is 370 g/mol. The lowest BCUT2D eigenvalue weighted by Crippen LogP contribution is -2.26. The van der Waals surface area contributed by atoms with Gasteiger partial charge in [-0.3, -0.25) is 4.55 Å². The third-order valence-electron chi connectivity index (χ3n) is 4.18. The number of methoxy groups -OCH3 is 1. The molecule has 0 aliphatic carbocycles. The van der Waals surface area contributed by atoms with E-state index in [2.05, 4.69) is 37.8 Å². The van der Waals surface area contributed by atoms with Crippen molar-refractivity contribution in [1.29, 1.82) is 0 Å². The van der Waals surface area contributed by atoms with Gasteiger partial charge >= 0.3 is 0 Å². The largest absolute Gasteiger partial charge is 0.496 e. The molecule has 2 aromatic rings. The Kier molecular flexibility index (Phi) is 6.60. The molecule has 0 saturated carbocycles. The van der Waals surface area contributed by atoms with Crippen LogP contribution in [0, 0.1) is 13.8 Å². The maximum Gasteiger partial charge on any atom is 0.294 e. The Morgan fingerprint density at radius 3 is 2.31 bits per heavy atom. The Balaban J connectivity index is 0.000000197. The molecule has 1 heterocycles. The SMILES string of the molecule is CCN1c2cc(C)c(OC)cc2SC1C.Cc1ccc(S(=O)(=O)O)cc1. The van der Waals surface area contributed by atoms with Gasteiger partial charge in [-0.25, -0.2) is 0 Å². The first-order valence-electron chi connectivity index (χ1n) is 8.33. The molecule has 2 aromatic carbocycles. The molecule has 7 heteroatoms. The topological polar surface area (TPSA) is 66.8 Å². The van der Waals surface area contributed by atoms with E-state index in [0.717, 1.165) is 17.9 Å². The lowest BCUT2D eigenvalue weighted by atomic mass is 10.2. The van der Waals surface area contributed by atoms with E-state index < -0.39 is 10.1 Å². The van der Waals surface area contributed by atoms with Crippen molar-refractivity contribution in [2.24, 2.45) is 0 Å². The van der Waals surface area contributed by atoms with E-state index in [9.17, 15) is 8.42 Å². The van der Waals surface area contributed by atoms with Crippen molar-refractivity contribution in [2.75, 3.05) is 18.6 Å². The first kappa shape index (κ1) is 20.6.